The highest BCUT2D eigenvalue weighted by Gasteiger charge is 2.33. The zero-order chi connectivity index (χ0) is 22.7. The van der Waals surface area contributed by atoms with Gasteiger partial charge in [0.05, 0.1) is 23.8 Å². The van der Waals surface area contributed by atoms with Gasteiger partial charge >= 0.3 is 0 Å². The van der Waals surface area contributed by atoms with Crippen molar-refractivity contribution in [3.63, 3.8) is 0 Å². The standard InChI is InChI=1S/C22H31N3O5S2/c1-16-15-31-20-8-7-18(32(28,29)24-9-11-30-12-10-24)13-19(20)25(22(16)27)14-21(26)23-17-5-3-2-4-6-17/h7-8,13,16-17H,2-6,9-12,14-15H2,1H3,(H,23,26). The van der Waals surface area contributed by atoms with E-state index in [0.29, 0.717) is 37.7 Å². The molecule has 1 aromatic rings. The Morgan fingerprint density at radius 1 is 1.19 bits per heavy atom. The first-order valence-corrected chi connectivity index (χ1v) is 13.7. The van der Waals surface area contributed by atoms with Crippen LogP contribution in [0.2, 0.25) is 0 Å². The summed E-state index contributed by atoms with van der Waals surface area (Å²) in [4.78, 5) is 28.4. The number of ether oxygens (including phenoxy) is 1. The van der Waals surface area contributed by atoms with E-state index in [4.69, 9.17) is 4.74 Å². The SMILES string of the molecule is CC1CSc2ccc(S(=O)(=O)N3CCOCC3)cc2N(CC(=O)NC2CCCCC2)C1=O. The molecule has 32 heavy (non-hydrogen) atoms. The number of fused-ring (bicyclic) bond motifs is 1. The predicted molar refractivity (Wildman–Crippen MR) is 123 cm³/mol. The summed E-state index contributed by atoms with van der Waals surface area (Å²) in [6, 6.07) is 5.05. The third-order valence-electron chi connectivity index (χ3n) is 6.28. The Bertz CT molecular complexity index is 956. The summed E-state index contributed by atoms with van der Waals surface area (Å²) >= 11 is 1.52. The lowest BCUT2D eigenvalue weighted by molar-refractivity contribution is -0.125. The molecule has 2 heterocycles. The molecule has 2 aliphatic heterocycles. The van der Waals surface area contributed by atoms with Crippen molar-refractivity contribution in [2.75, 3.05) is 43.5 Å². The Morgan fingerprint density at radius 2 is 1.91 bits per heavy atom. The van der Waals surface area contributed by atoms with Crippen molar-refractivity contribution in [2.24, 2.45) is 5.92 Å². The lowest BCUT2D eigenvalue weighted by atomic mass is 9.95. The van der Waals surface area contributed by atoms with Crippen LogP contribution in [0.1, 0.15) is 39.0 Å². The van der Waals surface area contributed by atoms with E-state index >= 15 is 0 Å². The highest BCUT2D eigenvalue weighted by atomic mass is 32.2. The smallest absolute Gasteiger partial charge is 0.243 e. The summed E-state index contributed by atoms with van der Waals surface area (Å²) in [6.07, 6.45) is 5.33. The molecule has 10 heteroatoms. The third-order valence-corrected chi connectivity index (χ3v) is 9.49. The molecule has 4 rings (SSSR count). The van der Waals surface area contributed by atoms with E-state index in [0.717, 1.165) is 30.6 Å². The molecule has 1 aromatic carbocycles. The summed E-state index contributed by atoms with van der Waals surface area (Å²) in [7, 11) is -3.71. The monoisotopic (exact) mass is 481 g/mol. The van der Waals surface area contributed by atoms with Crippen LogP contribution in [0, 0.1) is 5.92 Å². The highest BCUT2D eigenvalue weighted by Crippen LogP contribution is 2.38. The number of morpholine rings is 1. The highest BCUT2D eigenvalue weighted by molar-refractivity contribution is 7.99. The van der Waals surface area contributed by atoms with Crippen LogP contribution in [-0.4, -0.2) is 69.2 Å². The van der Waals surface area contributed by atoms with Gasteiger partial charge in [-0.25, -0.2) is 8.42 Å². The quantitative estimate of drug-likeness (QED) is 0.693. The van der Waals surface area contributed by atoms with Gasteiger partial charge < -0.3 is 15.0 Å². The molecule has 2 amide bonds. The van der Waals surface area contributed by atoms with Crippen molar-refractivity contribution in [1.82, 2.24) is 9.62 Å². The molecule has 1 saturated carbocycles. The normalized spacial score (nSPS) is 23.5. The zero-order valence-electron chi connectivity index (χ0n) is 18.4. The van der Waals surface area contributed by atoms with Gasteiger partial charge in [-0.3, -0.25) is 9.59 Å². The number of hydrogen-bond donors (Lipinski definition) is 1. The van der Waals surface area contributed by atoms with Gasteiger partial charge in [0.2, 0.25) is 21.8 Å². The lowest BCUT2D eigenvalue weighted by Crippen LogP contribution is -2.46. The third kappa shape index (κ3) is 5.13. The van der Waals surface area contributed by atoms with E-state index in [-0.39, 0.29) is 35.2 Å². The number of benzene rings is 1. The van der Waals surface area contributed by atoms with Gasteiger partial charge in [0.15, 0.2) is 0 Å². The second-order valence-electron chi connectivity index (χ2n) is 8.68. The number of nitrogens with one attached hydrogen (secondary N) is 1. The van der Waals surface area contributed by atoms with Crippen molar-refractivity contribution in [2.45, 2.75) is 54.9 Å². The maximum Gasteiger partial charge on any atom is 0.243 e. The minimum Gasteiger partial charge on any atom is -0.379 e. The number of amides is 2. The minimum absolute atomic E-state index is 0.103. The van der Waals surface area contributed by atoms with Crippen LogP contribution in [0.5, 0.6) is 0 Å². The molecule has 0 radical (unpaired) electrons. The van der Waals surface area contributed by atoms with E-state index < -0.39 is 10.0 Å². The first-order chi connectivity index (χ1) is 15.4. The largest absolute Gasteiger partial charge is 0.379 e. The number of anilines is 1. The molecular weight excluding hydrogens is 450 g/mol. The molecule has 2 fully saturated rings. The van der Waals surface area contributed by atoms with Crippen LogP contribution < -0.4 is 10.2 Å². The Balaban J connectivity index is 1.61. The van der Waals surface area contributed by atoms with Gasteiger partial charge in [-0.1, -0.05) is 26.2 Å². The Kier molecular flexibility index (Phi) is 7.44. The molecule has 3 aliphatic rings. The van der Waals surface area contributed by atoms with E-state index in [1.54, 1.807) is 18.2 Å². The van der Waals surface area contributed by atoms with Crippen LogP contribution in [-0.2, 0) is 24.3 Å². The molecule has 1 N–H and O–H groups in total. The number of nitrogens with zero attached hydrogens (tertiary/aromatic N) is 2. The van der Waals surface area contributed by atoms with Crippen LogP contribution in [0.25, 0.3) is 0 Å². The Morgan fingerprint density at radius 3 is 2.62 bits per heavy atom. The van der Waals surface area contributed by atoms with Gasteiger partial charge in [-0.15, -0.1) is 11.8 Å². The topological polar surface area (TPSA) is 96.0 Å². The van der Waals surface area contributed by atoms with E-state index in [1.807, 2.05) is 6.92 Å². The molecule has 1 aliphatic carbocycles. The first-order valence-electron chi connectivity index (χ1n) is 11.3. The molecule has 0 bridgehead atoms. The molecule has 0 spiro atoms. The molecule has 1 saturated heterocycles. The van der Waals surface area contributed by atoms with Gasteiger partial charge in [-0.05, 0) is 31.0 Å². The number of carbonyl (C=O) groups is 2. The number of thioether (sulfide) groups is 1. The average molecular weight is 482 g/mol. The number of rotatable bonds is 5. The first kappa shape index (κ1) is 23.5. The zero-order valence-corrected chi connectivity index (χ0v) is 20.1. The molecule has 0 aromatic heterocycles. The van der Waals surface area contributed by atoms with Crippen molar-refractivity contribution in [3.8, 4) is 0 Å². The predicted octanol–water partition coefficient (Wildman–Crippen LogP) is 2.23. The fraction of sp³-hybridized carbons (Fsp3) is 0.636. The second-order valence-corrected chi connectivity index (χ2v) is 11.7. The van der Waals surface area contributed by atoms with E-state index in [1.165, 1.54) is 27.4 Å². The lowest BCUT2D eigenvalue weighted by Gasteiger charge is -2.28. The van der Waals surface area contributed by atoms with E-state index in [9.17, 15) is 18.0 Å². The van der Waals surface area contributed by atoms with Crippen LogP contribution in [0.15, 0.2) is 28.0 Å². The number of sulfonamides is 1. The van der Waals surface area contributed by atoms with Gasteiger partial charge in [-0.2, -0.15) is 4.31 Å². The molecule has 176 valence electrons. The molecule has 1 unspecified atom stereocenters. The minimum atomic E-state index is -3.71. The molecular formula is C22H31N3O5S2. The summed E-state index contributed by atoms with van der Waals surface area (Å²) in [5.41, 5.74) is 0.498. The van der Waals surface area contributed by atoms with Crippen LogP contribution in [0.4, 0.5) is 5.69 Å². The van der Waals surface area contributed by atoms with Crippen LogP contribution in [0.3, 0.4) is 0 Å². The summed E-state index contributed by atoms with van der Waals surface area (Å²) < 4.78 is 33.0. The van der Waals surface area contributed by atoms with Gasteiger partial charge in [0, 0.05) is 35.7 Å². The number of hydrogen-bond acceptors (Lipinski definition) is 6. The van der Waals surface area contributed by atoms with Crippen molar-refractivity contribution < 1.29 is 22.7 Å². The Hall–Kier alpha value is -1.62. The maximum absolute atomic E-state index is 13.2. The van der Waals surface area contributed by atoms with Crippen LogP contribution >= 0.6 is 11.8 Å². The second kappa shape index (κ2) is 10.1. The van der Waals surface area contributed by atoms with E-state index in [2.05, 4.69) is 5.32 Å². The maximum atomic E-state index is 13.2. The fourth-order valence-corrected chi connectivity index (χ4v) is 6.91. The van der Waals surface area contributed by atoms with Gasteiger partial charge in [0.1, 0.15) is 6.54 Å². The average Bonchev–Trinajstić information content (AvgIpc) is 2.92. The fourth-order valence-electron chi connectivity index (χ4n) is 4.42. The van der Waals surface area contributed by atoms with Crippen molar-refractivity contribution in [3.05, 3.63) is 18.2 Å². The summed E-state index contributed by atoms with van der Waals surface area (Å²) in [5, 5.41) is 3.07. The van der Waals surface area contributed by atoms with Crippen molar-refractivity contribution >= 4 is 39.3 Å². The number of carbonyl (C=O) groups excluding carboxylic acids is 2. The molecule has 8 nitrogen and oxygen atoms in total. The van der Waals surface area contributed by atoms with Crippen molar-refractivity contribution in [1.29, 1.82) is 0 Å². The van der Waals surface area contributed by atoms with Gasteiger partial charge in [0.25, 0.3) is 0 Å². The summed E-state index contributed by atoms with van der Waals surface area (Å²) in [5.74, 6) is -0.0378. The summed E-state index contributed by atoms with van der Waals surface area (Å²) in [6.45, 7) is 3.08. The molecule has 1 atom stereocenters. The Labute approximate surface area is 194 Å².